The summed E-state index contributed by atoms with van der Waals surface area (Å²) >= 11 is 0. The fourth-order valence-corrected chi connectivity index (χ4v) is 0.684. The number of carboxylic acids is 3. The first kappa shape index (κ1) is 19.9. The minimum absolute atomic E-state index is 0. The molecule has 0 atom stereocenters. The molecule has 0 unspecified atom stereocenters. The number of hydrogen-bond acceptors (Lipinski definition) is 7. The molecule has 15 heavy (non-hydrogen) atoms. The minimum Gasteiger partial charge on any atom is -0.550 e. The van der Waals surface area contributed by atoms with Gasteiger partial charge in [0, 0.05) is 24.8 Å². The summed E-state index contributed by atoms with van der Waals surface area (Å²) < 4.78 is 0. The largest absolute Gasteiger partial charge is 2.00 e. The van der Waals surface area contributed by atoms with Gasteiger partial charge in [-0.05, 0) is 0 Å². The summed E-state index contributed by atoms with van der Waals surface area (Å²) in [5.74, 6) is -5.98. The van der Waals surface area contributed by atoms with Crippen molar-refractivity contribution in [2.24, 2.45) is 0 Å². The van der Waals surface area contributed by atoms with E-state index in [1.165, 1.54) is 0 Å². The SMILES string of the molecule is O=C([O-])CC(O)(CC(=O)[O-])C(=O)[O-].[Cu+2].[Ni+2]. The van der Waals surface area contributed by atoms with E-state index in [9.17, 15) is 29.7 Å². The van der Waals surface area contributed by atoms with Crippen LogP contribution in [-0.4, -0.2) is 28.6 Å². The molecule has 0 saturated heterocycles. The van der Waals surface area contributed by atoms with Crippen molar-refractivity contribution >= 4 is 17.9 Å². The van der Waals surface area contributed by atoms with Crippen molar-refractivity contribution in [3.8, 4) is 0 Å². The first-order valence-corrected chi connectivity index (χ1v) is 3.11. The Kier molecular flexibility index (Phi) is 10.1. The third-order valence-electron chi connectivity index (χ3n) is 1.25. The van der Waals surface area contributed by atoms with E-state index in [0.717, 1.165) is 0 Å². The molecule has 0 amide bonds. The predicted octanol–water partition coefficient (Wildman–Crippen LogP) is -5.26. The molecule has 0 aliphatic rings. The van der Waals surface area contributed by atoms with Crippen LogP contribution in [0.1, 0.15) is 12.8 Å². The molecule has 0 aliphatic carbocycles. The molecule has 0 fully saturated rings. The van der Waals surface area contributed by atoms with Gasteiger partial charge in [-0.25, -0.2) is 0 Å². The van der Waals surface area contributed by atoms with E-state index in [1.54, 1.807) is 0 Å². The molecule has 0 aromatic heterocycles. The second-order valence-electron chi connectivity index (χ2n) is 2.42. The Morgan fingerprint density at radius 2 is 1.27 bits per heavy atom. The number of carbonyl (C=O) groups is 3. The molecule has 0 bridgehead atoms. The van der Waals surface area contributed by atoms with Gasteiger partial charge in [-0.3, -0.25) is 0 Å². The average Bonchev–Trinajstić information content (AvgIpc) is 1.82. The zero-order valence-electron chi connectivity index (χ0n) is 6.93. The zero-order chi connectivity index (χ0) is 10.6. The van der Waals surface area contributed by atoms with Crippen molar-refractivity contribution in [2.45, 2.75) is 18.4 Å². The van der Waals surface area contributed by atoms with Gasteiger partial charge in [0.1, 0.15) is 5.60 Å². The van der Waals surface area contributed by atoms with Gasteiger partial charge in [-0.2, -0.15) is 0 Å². The van der Waals surface area contributed by atoms with Crippen molar-refractivity contribution in [2.75, 3.05) is 0 Å². The van der Waals surface area contributed by atoms with Gasteiger partial charge in [-0.1, -0.05) is 0 Å². The number of carbonyl (C=O) groups excluding carboxylic acids is 3. The third kappa shape index (κ3) is 7.33. The Balaban J connectivity index is -0.000000720. The van der Waals surface area contributed by atoms with Gasteiger partial charge in [0.2, 0.25) is 0 Å². The molecule has 9 heteroatoms. The first-order chi connectivity index (χ1) is 5.78. The second kappa shape index (κ2) is 7.65. The predicted molar refractivity (Wildman–Crippen MR) is 29.2 cm³/mol. The Morgan fingerprint density at radius 3 is 1.40 bits per heavy atom. The van der Waals surface area contributed by atoms with Crippen molar-refractivity contribution < 1.29 is 68.4 Å². The fourth-order valence-electron chi connectivity index (χ4n) is 0.684. The summed E-state index contributed by atoms with van der Waals surface area (Å²) in [7, 11) is 0. The van der Waals surface area contributed by atoms with Crippen molar-refractivity contribution in [1.29, 1.82) is 0 Å². The van der Waals surface area contributed by atoms with E-state index < -0.39 is 36.4 Å². The topological polar surface area (TPSA) is 141 Å². The van der Waals surface area contributed by atoms with Crippen LogP contribution in [0.5, 0.6) is 0 Å². The summed E-state index contributed by atoms with van der Waals surface area (Å²) in [5, 5.41) is 38.9. The number of hydrogen-bond donors (Lipinski definition) is 1. The van der Waals surface area contributed by atoms with Crippen molar-refractivity contribution in [3.05, 3.63) is 0 Å². The second-order valence-corrected chi connectivity index (χ2v) is 2.42. The van der Waals surface area contributed by atoms with E-state index in [1.807, 2.05) is 0 Å². The van der Waals surface area contributed by atoms with Crippen LogP contribution in [0.3, 0.4) is 0 Å². The van der Waals surface area contributed by atoms with E-state index >= 15 is 0 Å². The Bertz CT molecular complexity index is 238. The maximum atomic E-state index is 10.1. The van der Waals surface area contributed by atoms with Gasteiger partial charge >= 0.3 is 33.6 Å². The molecular formula is C6H5CuNiO7+. The summed E-state index contributed by atoms with van der Waals surface area (Å²) in [4.78, 5) is 30.0. The van der Waals surface area contributed by atoms with Gasteiger partial charge in [0.15, 0.2) is 0 Å². The smallest absolute Gasteiger partial charge is 0.550 e. The summed E-state index contributed by atoms with van der Waals surface area (Å²) in [6, 6.07) is 0. The summed E-state index contributed by atoms with van der Waals surface area (Å²) in [5.41, 5.74) is -2.97. The molecule has 0 aromatic carbocycles. The molecule has 1 N–H and O–H groups in total. The maximum Gasteiger partial charge on any atom is 2.00 e. The van der Waals surface area contributed by atoms with Gasteiger partial charge in [0.05, 0.1) is 5.97 Å². The number of carboxylic acid groups (broad SMARTS) is 3. The summed E-state index contributed by atoms with van der Waals surface area (Å²) in [6.45, 7) is 0. The molecule has 1 radical (unpaired) electrons. The van der Waals surface area contributed by atoms with E-state index in [2.05, 4.69) is 0 Å². The molecule has 0 aliphatic heterocycles. The molecule has 0 heterocycles. The molecule has 0 aromatic rings. The van der Waals surface area contributed by atoms with Gasteiger partial charge in [-0.15, -0.1) is 0 Å². The van der Waals surface area contributed by atoms with Gasteiger partial charge in [0.25, 0.3) is 0 Å². The number of aliphatic carboxylic acids is 3. The van der Waals surface area contributed by atoms with Crippen LogP contribution in [0.2, 0.25) is 0 Å². The van der Waals surface area contributed by atoms with Gasteiger partial charge < -0.3 is 34.8 Å². The van der Waals surface area contributed by atoms with E-state index in [0.29, 0.717) is 0 Å². The standard InChI is InChI=1S/C6H8O7.Cu.Ni/c7-3(8)1-6(13,5(11)12)2-4(9)10;;/h13H,1-2H2,(H,7,8)(H,9,10)(H,11,12);;/q;2*+2/p-3. The van der Waals surface area contributed by atoms with Crippen LogP contribution >= 0.6 is 0 Å². The van der Waals surface area contributed by atoms with Crippen LogP contribution in [0.4, 0.5) is 0 Å². The Labute approximate surface area is 105 Å². The fraction of sp³-hybridized carbons (Fsp3) is 0.500. The molecule has 0 saturated carbocycles. The van der Waals surface area contributed by atoms with Crippen LogP contribution in [-0.2, 0) is 47.9 Å². The number of rotatable bonds is 5. The maximum absolute atomic E-state index is 10.1. The molecule has 0 rings (SSSR count). The van der Waals surface area contributed by atoms with E-state index in [-0.39, 0.29) is 33.6 Å². The Morgan fingerprint density at radius 1 is 1.00 bits per heavy atom. The number of aliphatic hydroxyl groups is 1. The van der Waals surface area contributed by atoms with Crippen LogP contribution in [0.15, 0.2) is 0 Å². The van der Waals surface area contributed by atoms with Crippen molar-refractivity contribution in [3.63, 3.8) is 0 Å². The molecule has 7 nitrogen and oxygen atoms in total. The van der Waals surface area contributed by atoms with Crippen LogP contribution < -0.4 is 15.3 Å². The summed E-state index contributed by atoms with van der Waals surface area (Å²) in [6.07, 6.45) is -2.72. The quantitative estimate of drug-likeness (QED) is 0.500. The minimum atomic E-state index is -2.97. The third-order valence-corrected chi connectivity index (χ3v) is 1.25. The van der Waals surface area contributed by atoms with E-state index in [4.69, 9.17) is 5.11 Å². The first-order valence-electron chi connectivity index (χ1n) is 3.11. The van der Waals surface area contributed by atoms with Crippen molar-refractivity contribution in [1.82, 2.24) is 0 Å². The molecule has 91 valence electrons. The normalized spacial score (nSPS) is 9.40. The Hall–Kier alpha value is -0.617. The average molecular weight is 311 g/mol. The van der Waals surface area contributed by atoms with Crippen LogP contribution in [0, 0.1) is 0 Å². The monoisotopic (exact) mass is 310 g/mol. The molecular weight excluding hydrogens is 306 g/mol. The zero-order valence-corrected chi connectivity index (χ0v) is 8.86. The molecule has 0 spiro atoms. The van der Waals surface area contributed by atoms with Crippen LogP contribution in [0.25, 0.3) is 0 Å².